The maximum Gasteiger partial charge on any atom is 0.332 e. The third kappa shape index (κ3) is 3.54. The first-order valence-corrected chi connectivity index (χ1v) is 11.7. The monoisotopic (exact) mass is 460 g/mol. The molecule has 0 saturated carbocycles. The Balaban J connectivity index is 1.42. The van der Waals surface area contributed by atoms with Crippen LogP contribution in [0.2, 0.25) is 0 Å². The molecule has 0 bridgehead atoms. The number of nitrogens with one attached hydrogen (secondary N) is 2. The number of H-pyrrole nitrogens is 1. The molecule has 34 heavy (non-hydrogen) atoms. The maximum absolute atomic E-state index is 13.6. The van der Waals surface area contributed by atoms with E-state index in [1.807, 2.05) is 38.1 Å². The van der Waals surface area contributed by atoms with Gasteiger partial charge >= 0.3 is 6.03 Å². The summed E-state index contributed by atoms with van der Waals surface area (Å²) >= 11 is 0. The number of amides is 4. The largest absolute Gasteiger partial charge is 0.382 e. The molecule has 1 fully saturated rings. The van der Waals surface area contributed by atoms with Crippen LogP contribution >= 0.6 is 0 Å². The van der Waals surface area contributed by atoms with Gasteiger partial charge in [0.25, 0.3) is 11.8 Å². The number of rotatable bonds is 7. The number of urea groups is 1. The average molecular weight is 461 g/mol. The fourth-order valence-electron chi connectivity index (χ4n) is 5.06. The van der Waals surface area contributed by atoms with E-state index >= 15 is 0 Å². The van der Waals surface area contributed by atoms with Crippen molar-refractivity contribution in [1.29, 1.82) is 0 Å². The van der Waals surface area contributed by atoms with Gasteiger partial charge in [0.2, 0.25) is 0 Å². The highest BCUT2D eigenvalue weighted by Crippen LogP contribution is 2.42. The molecule has 1 saturated heterocycles. The molecule has 2 aliphatic rings. The summed E-state index contributed by atoms with van der Waals surface area (Å²) in [6.07, 6.45) is 1.12. The van der Waals surface area contributed by atoms with Crippen molar-refractivity contribution in [3.8, 4) is 0 Å². The molecule has 2 aliphatic heterocycles. The van der Waals surface area contributed by atoms with Gasteiger partial charge in [-0.2, -0.15) is 0 Å². The summed E-state index contributed by atoms with van der Waals surface area (Å²) < 4.78 is 5.31. The molecule has 4 amide bonds. The zero-order chi connectivity index (χ0) is 23.8. The molecule has 2 atom stereocenters. The Morgan fingerprint density at radius 3 is 2.74 bits per heavy atom. The van der Waals surface area contributed by atoms with E-state index in [0.717, 1.165) is 22.2 Å². The molecule has 5 rings (SSSR count). The summed E-state index contributed by atoms with van der Waals surface area (Å²) in [5.41, 5.74) is 3.66. The van der Waals surface area contributed by atoms with Gasteiger partial charge in [0.1, 0.15) is 6.04 Å². The van der Waals surface area contributed by atoms with Gasteiger partial charge in [0.15, 0.2) is 0 Å². The van der Waals surface area contributed by atoms with Crippen molar-refractivity contribution in [3.05, 3.63) is 65.4 Å². The lowest BCUT2D eigenvalue weighted by Gasteiger charge is -2.33. The van der Waals surface area contributed by atoms with Crippen LogP contribution in [0.4, 0.5) is 10.5 Å². The predicted molar refractivity (Wildman–Crippen MR) is 129 cm³/mol. The summed E-state index contributed by atoms with van der Waals surface area (Å²) in [5.74, 6) is -0.619. The lowest BCUT2D eigenvalue weighted by atomic mass is 9.93. The summed E-state index contributed by atoms with van der Waals surface area (Å²) in [6, 6.07) is 13.5. The van der Waals surface area contributed by atoms with Crippen molar-refractivity contribution < 1.29 is 19.1 Å². The van der Waals surface area contributed by atoms with Crippen LogP contribution in [0, 0.1) is 0 Å². The molecule has 0 spiro atoms. The third-order valence-corrected chi connectivity index (χ3v) is 6.68. The first kappa shape index (κ1) is 22.2. The number of hydrogen-bond acceptors (Lipinski definition) is 4. The standard InChI is InChI=1S/C26H28N4O4/c1-3-34-14-8-13-27-24(31)18-10-5-7-12-21(18)30-25(32)22-15-19-17-9-4-6-11-20(17)28-23(19)16(2)29(22)26(30)33/h4-7,9-12,16,22,28H,3,8,13-15H2,1-2H3,(H,27,31). The molecule has 3 heterocycles. The Morgan fingerprint density at radius 2 is 1.91 bits per heavy atom. The van der Waals surface area contributed by atoms with E-state index in [2.05, 4.69) is 10.3 Å². The van der Waals surface area contributed by atoms with Crippen molar-refractivity contribution in [2.24, 2.45) is 0 Å². The number of carbonyl (C=O) groups excluding carboxylic acids is 3. The number of aromatic nitrogens is 1. The van der Waals surface area contributed by atoms with E-state index in [0.29, 0.717) is 43.9 Å². The second-order valence-corrected chi connectivity index (χ2v) is 8.65. The predicted octanol–water partition coefficient (Wildman–Crippen LogP) is 3.78. The normalized spacial score (nSPS) is 19.5. The van der Waals surface area contributed by atoms with E-state index in [4.69, 9.17) is 4.74 Å². The number of benzene rings is 2. The molecule has 8 heteroatoms. The van der Waals surface area contributed by atoms with Crippen molar-refractivity contribution in [1.82, 2.24) is 15.2 Å². The van der Waals surface area contributed by atoms with E-state index in [9.17, 15) is 14.4 Å². The zero-order valence-electron chi connectivity index (χ0n) is 19.3. The smallest absolute Gasteiger partial charge is 0.332 e. The summed E-state index contributed by atoms with van der Waals surface area (Å²) in [6.45, 7) is 5.50. The number of nitrogens with zero attached hydrogens (tertiary/aromatic N) is 2. The van der Waals surface area contributed by atoms with E-state index < -0.39 is 12.1 Å². The zero-order valence-corrected chi connectivity index (χ0v) is 19.3. The van der Waals surface area contributed by atoms with Gasteiger partial charge in [-0.05, 0) is 44.0 Å². The van der Waals surface area contributed by atoms with Gasteiger partial charge in [-0.15, -0.1) is 0 Å². The SMILES string of the molecule is CCOCCCNC(=O)c1ccccc1N1C(=O)C2Cc3c([nH]c4ccccc34)C(C)N2C1=O. The van der Waals surface area contributed by atoms with E-state index in [1.165, 1.54) is 4.90 Å². The average Bonchev–Trinajstić information content (AvgIpc) is 3.34. The number of ether oxygens (including phenoxy) is 1. The Kier molecular flexibility index (Phi) is 5.83. The van der Waals surface area contributed by atoms with Crippen LogP contribution in [0.1, 0.15) is 47.9 Å². The summed E-state index contributed by atoms with van der Waals surface area (Å²) in [5, 5.41) is 3.94. The molecule has 2 aromatic carbocycles. The van der Waals surface area contributed by atoms with E-state index in [1.54, 1.807) is 29.2 Å². The number of carbonyl (C=O) groups is 3. The number of hydrogen-bond donors (Lipinski definition) is 2. The van der Waals surface area contributed by atoms with Crippen LogP contribution in [0.15, 0.2) is 48.5 Å². The van der Waals surface area contributed by atoms with Crippen LogP contribution in [0.3, 0.4) is 0 Å². The molecule has 2 unspecified atom stereocenters. The van der Waals surface area contributed by atoms with Crippen molar-refractivity contribution in [2.75, 3.05) is 24.7 Å². The lowest BCUT2D eigenvalue weighted by Crippen LogP contribution is -2.42. The first-order valence-electron chi connectivity index (χ1n) is 11.7. The van der Waals surface area contributed by atoms with Crippen molar-refractivity contribution in [2.45, 2.75) is 38.8 Å². The quantitative estimate of drug-likeness (QED) is 0.414. The van der Waals surface area contributed by atoms with Gasteiger partial charge in [0.05, 0.1) is 17.3 Å². The Morgan fingerprint density at radius 1 is 1.15 bits per heavy atom. The molecule has 8 nitrogen and oxygen atoms in total. The topological polar surface area (TPSA) is 94.7 Å². The highest BCUT2D eigenvalue weighted by molar-refractivity contribution is 6.24. The third-order valence-electron chi connectivity index (χ3n) is 6.68. The Hall–Kier alpha value is -3.65. The van der Waals surface area contributed by atoms with Crippen LogP contribution in [0.5, 0.6) is 0 Å². The number of imide groups is 1. The maximum atomic E-state index is 13.6. The molecule has 1 aromatic heterocycles. The van der Waals surface area contributed by atoms with Gasteiger partial charge < -0.3 is 19.9 Å². The van der Waals surface area contributed by atoms with Crippen molar-refractivity contribution in [3.63, 3.8) is 0 Å². The minimum Gasteiger partial charge on any atom is -0.382 e. The molecule has 176 valence electrons. The highest BCUT2D eigenvalue weighted by Gasteiger charge is 2.52. The summed E-state index contributed by atoms with van der Waals surface area (Å²) in [4.78, 5) is 46.3. The molecule has 2 N–H and O–H groups in total. The first-order chi connectivity index (χ1) is 16.5. The number of anilines is 1. The Bertz CT molecular complexity index is 1270. The van der Waals surface area contributed by atoms with Gasteiger partial charge in [-0.1, -0.05) is 30.3 Å². The second-order valence-electron chi connectivity index (χ2n) is 8.65. The van der Waals surface area contributed by atoms with Gasteiger partial charge in [0, 0.05) is 42.8 Å². The van der Waals surface area contributed by atoms with E-state index in [-0.39, 0.29) is 17.9 Å². The minimum atomic E-state index is -0.600. The fraction of sp³-hybridized carbons (Fsp3) is 0.346. The minimum absolute atomic E-state index is 0.290. The van der Waals surface area contributed by atoms with Crippen LogP contribution in [0.25, 0.3) is 10.9 Å². The van der Waals surface area contributed by atoms with Gasteiger partial charge in [-0.25, -0.2) is 9.69 Å². The highest BCUT2D eigenvalue weighted by atomic mass is 16.5. The number of para-hydroxylation sites is 2. The van der Waals surface area contributed by atoms with Crippen molar-refractivity contribution >= 4 is 34.4 Å². The number of fused-ring (bicyclic) bond motifs is 4. The number of aromatic amines is 1. The molecule has 0 aliphatic carbocycles. The molecular formula is C26H28N4O4. The van der Waals surface area contributed by atoms with Crippen LogP contribution < -0.4 is 10.2 Å². The summed E-state index contributed by atoms with van der Waals surface area (Å²) in [7, 11) is 0. The second kappa shape index (κ2) is 8.95. The molecular weight excluding hydrogens is 432 g/mol. The lowest BCUT2D eigenvalue weighted by molar-refractivity contribution is -0.120. The van der Waals surface area contributed by atoms with Gasteiger partial charge in [-0.3, -0.25) is 9.59 Å². The molecule has 0 radical (unpaired) electrons. The van der Waals surface area contributed by atoms with Crippen LogP contribution in [-0.2, 0) is 16.0 Å². The fourth-order valence-corrected chi connectivity index (χ4v) is 5.06. The van der Waals surface area contributed by atoms with Crippen LogP contribution in [-0.4, -0.2) is 53.5 Å². The molecule has 3 aromatic rings. The Labute approximate surface area is 197 Å².